The van der Waals surface area contributed by atoms with E-state index in [1.807, 2.05) is 42.5 Å². The van der Waals surface area contributed by atoms with Crippen molar-refractivity contribution in [3.05, 3.63) is 54.2 Å². The number of aromatic nitrogens is 1. The maximum Gasteiger partial charge on any atom is 0.0701 e. The molecule has 2 nitrogen and oxygen atoms in total. The fourth-order valence-electron chi connectivity index (χ4n) is 1.31. The van der Waals surface area contributed by atoms with Crippen LogP contribution in [0.5, 0.6) is 0 Å². The topological polar surface area (TPSA) is 33.1 Å². The van der Waals surface area contributed by atoms with E-state index >= 15 is 0 Å². The van der Waals surface area contributed by atoms with Gasteiger partial charge in [0, 0.05) is 31.9 Å². The maximum absolute atomic E-state index is 8.88. The summed E-state index contributed by atoms with van der Waals surface area (Å²) < 4.78 is 0. The van der Waals surface area contributed by atoms with Gasteiger partial charge in [0.2, 0.25) is 0 Å². The summed E-state index contributed by atoms with van der Waals surface area (Å²) >= 11 is 0. The van der Waals surface area contributed by atoms with Gasteiger partial charge in [-0.25, -0.2) is 0 Å². The number of hydrogen-bond donors (Lipinski definition) is 1. The van der Waals surface area contributed by atoms with Crippen molar-refractivity contribution >= 4 is 0 Å². The average molecular weight is 377 g/mol. The first-order valence-corrected chi connectivity index (χ1v) is 4.51. The quantitative estimate of drug-likeness (QED) is 0.871. The maximum atomic E-state index is 8.88. The third kappa shape index (κ3) is 2.96. The molecule has 0 atom stereocenters. The number of rotatable bonds is 2. The standard InChI is InChI=1S/C12H11NO.Ir/c14-9-10-4-6-11(7-5-10)12-3-1-2-8-13-12;/h1-8,14H,9H2;. The molecular weight excluding hydrogens is 366 g/mol. The smallest absolute Gasteiger partial charge is 0.0701 e. The predicted molar refractivity (Wildman–Crippen MR) is 55.6 cm³/mol. The van der Waals surface area contributed by atoms with E-state index < -0.39 is 0 Å². The molecule has 0 bridgehead atoms. The minimum absolute atomic E-state index is 0. The van der Waals surface area contributed by atoms with Crippen LogP contribution in [0.4, 0.5) is 0 Å². The predicted octanol–water partition coefficient (Wildman–Crippen LogP) is 2.24. The van der Waals surface area contributed by atoms with E-state index in [0.29, 0.717) is 0 Å². The van der Waals surface area contributed by atoms with E-state index in [9.17, 15) is 0 Å². The first-order valence-electron chi connectivity index (χ1n) is 4.51. The van der Waals surface area contributed by atoms with Gasteiger partial charge in [-0.1, -0.05) is 30.3 Å². The van der Waals surface area contributed by atoms with E-state index in [2.05, 4.69) is 4.98 Å². The van der Waals surface area contributed by atoms with E-state index in [0.717, 1.165) is 16.8 Å². The largest absolute Gasteiger partial charge is 0.392 e. The van der Waals surface area contributed by atoms with Crippen molar-refractivity contribution in [2.45, 2.75) is 6.61 Å². The summed E-state index contributed by atoms with van der Waals surface area (Å²) in [6.07, 6.45) is 1.77. The van der Waals surface area contributed by atoms with Crippen LogP contribution in [-0.2, 0) is 26.7 Å². The van der Waals surface area contributed by atoms with Crippen LogP contribution in [0.2, 0.25) is 0 Å². The first kappa shape index (κ1) is 12.1. The van der Waals surface area contributed by atoms with E-state index in [4.69, 9.17) is 5.11 Å². The van der Waals surface area contributed by atoms with Gasteiger partial charge in [-0.15, -0.1) is 0 Å². The van der Waals surface area contributed by atoms with Crippen LogP contribution in [0.25, 0.3) is 11.3 Å². The van der Waals surface area contributed by atoms with Crippen molar-refractivity contribution in [3.63, 3.8) is 0 Å². The molecule has 0 spiro atoms. The fraction of sp³-hybridized carbons (Fsp3) is 0.0833. The van der Waals surface area contributed by atoms with Crippen LogP contribution in [0.15, 0.2) is 48.7 Å². The van der Waals surface area contributed by atoms with Gasteiger partial charge in [0.25, 0.3) is 0 Å². The molecule has 0 fully saturated rings. The van der Waals surface area contributed by atoms with Crippen LogP contribution < -0.4 is 0 Å². The number of hydrogen-bond acceptors (Lipinski definition) is 2. The van der Waals surface area contributed by atoms with Crippen molar-refractivity contribution in [1.82, 2.24) is 4.98 Å². The zero-order chi connectivity index (χ0) is 9.80. The summed E-state index contributed by atoms with van der Waals surface area (Å²) in [6, 6.07) is 13.6. The average Bonchev–Trinajstić information content (AvgIpc) is 2.30. The molecule has 0 aliphatic rings. The molecule has 79 valence electrons. The molecule has 1 heterocycles. The third-order valence-corrected chi connectivity index (χ3v) is 2.10. The van der Waals surface area contributed by atoms with Crippen molar-refractivity contribution in [2.75, 3.05) is 0 Å². The van der Waals surface area contributed by atoms with Gasteiger partial charge >= 0.3 is 0 Å². The van der Waals surface area contributed by atoms with E-state index in [1.165, 1.54) is 0 Å². The Labute approximate surface area is 102 Å². The number of aliphatic hydroxyl groups excluding tert-OH is 1. The van der Waals surface area contributed by atoms with E-state index in [-0.39, 0.29) is 26.7 Å². The number of aliphatic hydroxyl groups is 1. The van der Waals surface area contributed by atoms with Gasteiger partial charge in [-0.05, 0) is 17.7 Å². The van der Waals surface area contributed by atoms with Gasteiger partial charge in [-0.2, -0.15) is 0 Å². The molecule has 0 saturated heterocycles. The number of pyridine rings is 1. The van der Waals surface area contributed by atoms with Crippen LogP contribution >= 0.6 is 0 Å². The molecule has 0 aliphatic heterocycles. The van der Waals surface area contributed by atoms with Gasteiger partial charge in [0.15, 0.2) is 0 Å². The Balaban J connectivity index is 0.00000112. The normalized spacial score (nSPS) is 9.40. The Hall–Kier alpha value is -1.02. The second-order valence-electron chi connectivity index (χ2n) is 3.07. The van der Waals surface area contributed by atoms with Gasteiger partial charge in [0.1, 0.15) is 0 Å². The monoisotopic (exact) mass is 378 g/mol. The molecule has 0 aliphatic carbocycles. The second-order valence-corrected chi connectivity index (χ2v) is 3.07. The summed E-state index contributed by atoms with van der Waals surface area (Å²) in [5.41, 5.74) is 2.95. The second kappa shape index (κ2) is 5.76. The Morgan fingerprint density at radius 3 is 2.27 bits per heavy atom. The minimum Gasteiger partial charge on any atom is -0.392 e. The summed E-state index contributed by atoms with van der Waals surface area (Å²) in [4.78, 5) is 4.24. The van der Waals surface area contributed by atoms with Crippen molar-refractivity contribution in [2.24, 2.45) is 0 Å². The molecular formula is C12H11IrNO. The SMILES string of the molecule is OCc1ccc(-c2ccccn2)cc1.[Ir]. The molecule has 1 radical (unpaired) electrons. The molecule has 0 unspecified atom stereocenters. The third-order valence-electron chi connectivity index (χ3n) is 2.10. The zero-order valence-electron chi connectivity index (χ0n) is 8.05. The van der Waals surface area contributed by atoms with Crippen molar-refractivity contribution < 1.29 is 25.2 Å². The van der Waals surface area contributed by atoms with Crippen LogP contribution in [0.1, 0.15) is 5.56 Å². The molecule has 1 aromatic carbocycles. The van der Waals surface area contributed by atoms with Gasteiger partial charge in [-0.3, -0.25) is 4.98 Å². The molecule has 2 aromatic rings. The minimum atomic E-state index is 0. The van der Waals surface area contributed by atoms with Crippen LogP contribution in [0.3, 0.4) is 0 Å². The van der Waals surface area contributed by atoms with Crippen LogP contribution in [0, 0.1) is 0 Å². The van der Waals surface area contributed by atoms with Crippen LogP contribution in [-0.4, -0.2) is 10.1 Å². The Bertz CT molecular complexity index is 400. The number of nitrogens with zero attached hydrogens (tertiary/aromatic N) is 1. The Morgan fingerprint density at radius 2 is 1.73 bits per heavy atom. The molecule has 1 N–H and O–H groups in total. The molecule has 2 rings (SSSR count). The van der Waals surface area contributed by atoms with E-state index in [1.54, 1.807) is 6.20 Å². The molecule has 0 amide bonds. The molecule has 1 aromatic heterocycles. The van der Waals surface area contributed by atoms with Gasteiger partial charge in [0.05, 0.1) is 12.3 Å². The van der Waals surface area contributed by atoms with Crippen molar-refractivity contribution in [3.8, 4) is 11.3 Å². The fourth-order valence-corrected chi connectivity index (χ4v) is 1.31. The Morgan fingerprint density at radius 1 is 1.00 bits per heavy atom. The molecule has 3 heteroatoms. The summed E-state index contributed by atoms with van der Waals surface area (Å²) in [6.45, 7) is 0.0858. The summed E-state index contributed by atoms with van der Waals surface area (Å²) in [7, 11) is 0. The number of benzene rings is 1. The summed E-state index contributed by atoms with van der Waals surface area (Å²) in [5, 5.41) is 8.88. The zero-order valence-corrected chi connectivity index (χ0v) is 10.4. The summed E-state index contributed by atoms with van der Waals surface area (Å²) in [5.74, 6) is 0. The first-order chi connectivity index (χ1) is 6.90. The molecule has 15 heavy (non-hydrogen) atoms. The van der Waals surface area contributed by atoms with Gasteiger partial charge < -0.3 is 5.11 Å². The Kier molecular flexibility index (Phi) is 4.63. The molecule has 0 saturated carbocycles. The van der Waals surface area contributed by atoms with Crippen molar-refractivity contribution in [1.29, 1.82) is 0 Å².